The number of nitrogens with zero attached hydrogens (tertiary/aromatic N) is 2. The summed E-state index contributed by atoms with van der Waals surface area (Å²) in [6.45, 7) is 3.01. The van der Waals surface area contributed by atoms with Gasteiger partial charge in [-0.1, -0.05) is 32.0 Å². The Bertz CT molecular complexity index is 2530. The quantitative estimate of drug-likeness (QED) is 0.0378. The smallest absolute Gasteiger partial charge is 0.326 e. The number of aliphatic hydroxyl groups is 1. The Morgan fingerprint density at radius 3 is 1.86 bits per heavy atom. The first-order valence-corrected chi connectivity index (χ1v) is 24.5. The summed E-state index contributed by atoms with van der Waals surface area (Å²) in [7, 11) is 0. The number of carbonyl (C=O) groups is 13. The predicted molar refractivity (Wildman–Crippen MR) is 264 cm³/mol. The monoisotopic (exact) mass is 1070 g/mol. The van der Waals surface area contributed by atoms with Crippen LogP contribution in [0.2, 0.25) is 0 Å². The maximum Gasteiger partial charge on any atom is 0.326 e. The Morgan fingerprint density at radius 1 is 0.684 bits per heavy atom. The van der Waals surface area contributed by atoms with E-state index >= 15 is 0 Å². The number of rotatable bonds is 28. The van der Waals surface area contributed by atoms with Crippen LogP contribution in [0, 0.1) is 5.92 Å². The van der Waals surface area contributed by atoms with Gasteiger partial charge >= 0.3 is 11.9 Å². The lowest BCUT2D eigenvalue weighted by Crippen LogP contribution is -2.60. The van der Waals surface area contributed by atoms with E-state index in [0.717, 1.165) is 0 Å². The molecule has 0 unspecified atom stereocenters. The average Bonchev–Trinajstić information content (AvgIpc) is 4.15. The highest BCUT2D eigenvalue weighted by atomic mass is 16.4. The van der Waals surface area contributed by atoms with Crippen LogP contribution in [0.1, 0.15) is 77.7 Å². The molecule has 4 rings (SSSR count). The summed E-state index contributed by atoms with van der Waals surface area (Å²) >= 11 is 0. The first kappa shape index (κ1) is 60.3. The number of carboxylic acids is 2. The number of H-pyrrole nitrogens is 1. The van der Waals surface area contributed by atoms with Crippen LogP contribution >= 0.6 is 0 Å². The number of nitrogens with one attached hydrogen (secondary N) is 8. The maximum absolute atomic E-state index is 14.2. The van der Waals surface area contributed by atoms with Crippen molar-refractivity contribution in [2.24, 2.45) is 23.1 Å². The van der Waals surface area contributed by atoms with Crippen molar-refractivity contribution in [2.75, 3.05) is 26.2 Å². The number of hydrogen-bond acceptors (Lipinski definition) is 15. The molecule has 0 spiro atoms. The molecular weight excluding hydrogens is 1000 g/mol. The molecule has 0 radical (unpaired) electrons. The molecule has 1 aromatic carbocycles. The fourth-order valence-electron chi connectivity index (χ4n) is 8.65. The fourth-order valence-corrected chi connectivity index (χ4v) is 8.65. The summed E-state index contributed by atoms with van der Waals surface area (Å²) in [5.74, 6) is -13.7. The van der Waals surface area contributed by atoms with E-state index in [-0.39, 0.29) is 32.4 Å². The second kappa shape index (κ2) is 27.9. The largest absolute Gasteiger partial charge is 0.481 e. The van der Waals surface area contributed by atoms with Crippen LogP contribution in [-0.2, 0) is 68.7 Å². The summed E-state index contributed by atoms with van der Waals surface area (Å²) in [6, 6.07) is -5.76. The Hall–Kier alpha value is -8.21. The number of aliphatic hydroxyl groups excluding tert-OH is 1. The van der Waals surface area contributed by atoms with Gasteiger partial charge in [-0.2, -0.15) is 0 Å². The van der Waals surface area contributed by atoms with Crippen LogP contribution in [0.4, 0.5) is 0 Å². The second-order valence-electron chi connectivity index (χ2n) is 18.8. The van der Waals surface area contributed by atoms with Gasteiger partial charge in [0.2, 0.25) is 65.0 Å². The first-order chi connectivity index (χ1) is 35.8. The lowest BCUT2D eigenvalue weighted by atomic mass is 10.0. The minimum atomic E-state index is -1.79. The summed E-state index contributed by atoms with van der Waals surface area (Å²) < 4.78 is 0. The SMILES string of the molecule is CC(C)[C@H](NC(=O)CNC(=O)[C@H](CC(N)=O)NC(=O)[C@H](Cc1c[nH]c2ccccc12)NC(=O)[C@H](CO)NC(=O)[C@H](C)N)C(=O)N1CCC[C@H]1C(=O)N1CCC[C@H]1C(=O)N[C@@H](CCC(=O)O)C(=O)N[C@@H](CC(N)=O)C(=O)O. The van der Waals surface area contributed by atoms with Crippen molar-refractivity contribution in [3.63, 3.8) is 0 Å². The standard InChI is InChI=1S/C47H67N13O16/c1-22(2)38(46(74)60-15-7-11-33(60)45(73)59-14-6-10-32(59)44(72)53-27(12-13-37(65)66)41(69)56-30(47(75)76)18-35(50)63)58-36(64)20-52-40(68)29(17-34(49)62)55-42(70)28(16-24-19-51-26-9-5-4-8-25(24)26)54-43(71)31(21-61)57-39(67)23(3)48/h4-5,8-9,19,22-23,27-33,38,51,61H,6-7,10-18,20-21,48H2,1-3H3,(H2,49,62)(H2,50,63)(H,52,68)(H,53,72)(H,54,71)(H,55,70)(H,56,69)(H,57,67)(H,58,64)(H,65,66)(H,75,76)/t23-,27-,28-,29-,30-,31-,32-,33-,38-/m0/s1. The number of primary amides is 2. The molecule has 0 bridgehead atoms. The second-order valence-corrected chi connectivity index (χ2v) is 18.8. The van der Waals surface area contributed by atoms with Gasteiger partial charge < -0.3 is 84.5 Å². The number of aromatic nitrogens is 1. The van der Waals surface area contributed by atoms with Gasteiger partial charge in [-0.15, -0.1) is 0 Å². The average molecular weight is 1070 g/mol. The van der Waals surface area contributed by atoms with Crippen LogP contribution in [0.15, 0.2) is 30.5 Å². The van der Waals surface area contributed by atoms with E-state index in [1.165, 1.54) is 16.7 Å². The molecule has 0 saturated carbocycles. The van der Waals surface area contributed by atoms with Gasteiger partial charge in [0.05, 0.1) is 32.0 Å². The molecule has 9 atom stereocenters. The molecule has 2 fully saturated rings. The summed E-state index contributed by atoms with van der Waals surface area (Å²) in [4.78, 5) is 174. The predicted octanol–water partition coefficient (Wildman–Crippen LogP) is -5.59. The lowest BCUT2D eigenvalue weighted by Gasteiger charge is -2.34. The number of aliphatic carboxylic acids is 2. The number of benzene rings is 1. The molecular formula is C47H67N13O16. The topological polar surface area (TPSA) is 467 Å². The van der Waals surface area contributed by atoms with Crippen LogP contribution in [0.5, 0.6) is 0 Å². The van der Waals surface area contributed by atoms with Crippen molar-refractivity contribution >= 4 is 87.8 Å². The Morgan fingerprint density at radius 2 is 1.25 bits per heavy atom. The molecule has 3 heterocycles. The van der Waals surface area contributed by atoms with Crippen LogP contribution in [0.25, 0.3) is 10.9 Å². The van der Waals surface area contributed by atoms with Crippen LogP contribution in [-0.4, -0.2) is 188 Å². The number of para-hydroxylation sites is 1. The number of nitrogens with two attached hydrogens (primary N) is 3. The number of hydrogen-bond donors (Lipinski definition) is 14. The summed E-state index contributed by atoms with van der Waals surface area (Å²) in [5, 5.41) is 45.8. The van der Waals surface area contributed by atoms with Crippen LogP contribution in [0.3, 0.4) is 0 Å². The molecule has 2 saturated heterocycles. The number of aromatic amines is 1. The molecule has 416 valence electrons. The maximum atomic E-state index is 14.2. The van der Waals surface area contributed by atoms with E-state index in [1.807, 2.05) is 0 Å². The number of carbonyl (C=O) groups excluding carboxylic acids is 11. The molecule has 2 aromatic rings. The Kier molecular flexibility index (Phi) is 22.2. The zero-order valence-corrected chi connectivity index (χ0v) is 42.1. The molecule has 2 aliphatic rings. The Balaban J connectivity index is 1.44. The fraction of sp³-hybridized carbons (Fsp3) is 0.553. The summed E-state index contributed by atoms with van der Waals surface area (Å²) in [5.41, 5.74) is 17.4. The van der Waals surface area contributed by atoms with E-state index in [9.17, 15) is 77.6 Å². The third kappa shape index (κ3) is 16.9. The zero-order valence-electron chi connectivity index (χ0n) is 42.1. The van der Waals surface area contributed by atoms with Crippen molar-refractivity contribution in [3.8, 4) is 0 Å². The highest BCUT2D eigenvalue weighted by Gasteiger charge is 2.45. The third-order valence-electron chi connectivity index (χ3n) is 12.6. The van der Waals surface area contributed by atoms with Crippen molar-refractivity contribution in [2.45, 2.75) is 133 Å². The summed E-state index contributed by atoms with van der Waals surface area (Å²) in [6.07, 6.45) is -0.370. The minimum absolute atomic E-state index is 0.0558. The molecule has 11 amide bonds. The van der Waals surface area contributed by atoms with Gasteiger partial charge in [-0.3, -0.25) is 57.5 Å². The van der Waals surface area contributed by atoms with E-state index in [0.29, 0.717) is 29.3 Å². The van der Waals surface area contributed by atoms with E-state index in [4.69, 9.17) is 17.2 Å². The zero-order chi connectivity index (χ0) is 56.6. The van der Waals surface area contributed by atoms with E-state index in [2.05, 4.69) is 42.2 Å². The van der Waals surface area contributed by atoms with Crippen molar-refractivity contribution in [1.29, 1.82) is 0 Å². The van der Waals surface area contributed by atoms with Crippen molar-refractivity contribution < 1.29 is 77.6 Å². The molecule has 17 N–H and O–H groups in total. The van der Waals surface area contributed by atoms with Gasteiger partial charge in [0, 0.05) is 43.0 Å². The van der Waals surface area contributed by atoms with Gasteiger partial charge in [0.1, 0.15) is 48.3 Å². The molecule has 29 nitrogen and oxygen atoms in total. The highest BCUT2D eigenvalue weighted by molar-refractivity contribution is 6.00. The van der Waals surface area contributed by atoms with Crippen molar-refractivity contribution in [1.82, 2.24) is 52.0 Å². The molecule has 29 heteroatoms. The molecule has 1 aromatic heterocycles. The molecule has 2 aliphatic heterocycles. The molecule has 0 aliphatic carbocycles. The van der Waals surface area contributed by atoms with Gasteiger partial charge in [-0.25, -0.2) is 4.79 Å². The third-order valence-corrected chi connectivity index (χ3v) is 12.6. The van der Waals surface area contributed by atoms with Gasteiger partial charge in [-0.05, 0) is 56.6 Å². The van der Waals surface area contributed by atoms with Crippen molar-refractivity contribution in [3.05, 3.63) is 36.0 Å². The Labute approximate surface area is 434 Å². The van der Waals surface area contributed by atoms with Gasteiger partial charge in [0.25, 0.3) is 0 Å². The number of likely N-dealkylation sites (tertiary alicyclic amines) is 2. The van der Waals surface area contributed by atoms with E-state index in [1.54, 1.807) is 44.3 Å². The number of amides is 11. The number of carboxylic acid groups (broad SMARTS) is 2. The normalized spacial score (nSPS) is 17.9. The minimum Gasteiger partial charge on any atom is -0.481 e. The molecule has 76 heavy (non-hydrogen) atoms. The number of fused-ring (bicyclic) bond motifs is 1. The van der Waals surface area contributed by atoms with E-state index < -0.39 is 176 Å². The first-order valence-electron chi connectivity index (χ1n) is 24.5. The van der Waals surface area contributed by atoms with Crippen LogP contribution < -0.4 is 54.4 Å². The highest BCUT2D eigenvalue weighted by Crippen LogP contribution is 2.27. The lowest BCUT2D eigenvalue weighted by molar-refractivity contribution is -0.148. The van der Waals surface area contributed by atoms with Gasteiger partial charge in [0.15, 0.2) is 0 Å².